The number of hydrogen-bond acceptors (Lipinski definition) is 5. The third-order valence-electron chi connectivity index (χ3n) is 2.64. The van der Waals surface area contributed by atoms with E-state index in [9.17, 15) is 4.79 Å². The summed E-state index contributed by atoms with van der Waals surface area (Å²) < 4.78 is 0. The lowest BCUT2D eigenvalue weighted by atomic mass is 10.2. The quantitative estimate of drug-likeness (QED) is 0.803. The van der Waals surface area contributed by atoms with E-state index in [1.807, 2.05) is 13.8 Å². The van der Waals surface area contributed by atoms with Crippen LogP contribution in [0.4, 0.5) is 5.69 Å². The molecule has 2 heterocycles. The predicted molar refractivity (Wildman–Crippen MR) is 64.1 cm³/mol. The number of nitrogens with zero attached hydrogens (tertiary/aromatic N) is 3. The third kappa shape index (κ3) is 2.12. The Morgan fingerprint density at radius 3 is 2.71 bits per heavy atom. The number of nitrogens with one attached hydrogen (secondary N) is 1. The van der Waals surface area contributed by atoms with Crippen molar-refractivity contribution in [2.75, 3.05) is 5.12 Å². The molecule has 1 aliphatic heterocycles. The minimum absolute atomic E-state index is 0.00292. The Balaban J connectivity index is 2.43. The molecule has 1 aliphatic rings. The van der Waals surface area contributed by atoms with Crippen LogP contribution < -0.4 is 10.5 Å². The molecule has 0 radical (unpaired) electrons. The molecule has 17 heavy (non-hydrogen) atoms. The molecule has 2 rings (SSSR count). The van der Waals surface area contributed by atoms with Crippen molar-refractivity contribution in [1.82, 2.24) is 10.4 Å². The van der Waals surface area contributed by atoms with E-state index in [0.29, 0.717) is 11.4 Å². The summed E-state index contributed by atoms with van der Waals surface area (Å²) in [7, 11) is 0. The highest BCUT2D eigenvalue weighted by atomic mass is 16.4. The molecule has 1 unspecified atom stereocenters. The van der Waals surface area contributed by atoms with Crippen LogP contribution in [0.5, 0.6) is 0 Å². The van der Waals surface area contributed by atoms with Crippen LogP contribution in [0.25, 0.3) is 0 Å². The Morgan fingerprint density at radius 2 is 2.18 bits per heavy atom. The minimum atomic E-state index is -1.06. The van der Waals surface area contributed by atoms with Crippen molar-refractivity contribution in [3.63, 3.8) is 0 Å². The normalized spacial score (nSPS) is 19.4. The number of hydrogen-bond donors (Lipinski definition) is 2. The van der Waals surface area contributed by atoms with Crippen molar-refractivity contribution >= 4 is 17.4 Å². The van der Waals surface area contributed by atoms with Crippen LogP contribution in [0.3, 0.4) is 0 Å². The van der Waals surface area contributed by atoms with Crippen LogP contribution in [-0.4, -0.2) is 27.8 Å². The number of aromatic nitrogens is 1. The Labute approximate surface area is 98.9 Å². The first-order valence-electron chi connectivity index (χ1n) is 5.31. The average molecular weight is 234 g/mol. The molecule has 1 atom stereocenters. The molecule has 0 aliphatic carbocycles. The number of hydrazine groups is 1. The number of carboxylic acids is 1. The van der Waals surface area contributed by atoms with Crippen LogP contribution in [0.1, 0.15) is 30.0 Å². The summed E-state index contributed by atoms with van der Waals surface area (Å²) in [4.78, 5) is 15.1. The van der Waals surface area contributed by atoms with Crippen molar-refractivity contribution in [2.45, 2.75) is 26.8 Å². The topological polar surface area (TPSA) is 77.8 Å². The van der Waals surface area contributed by atoms with Gasteiger partial charge in [-0.15, -0.1) is 0 Å². The van der Waals surface area contributed by atoms with E-state index >= 15 is 0 Å². The molecular weight excluding hydrogens is 220 g/mol. The van der Waals surface area contributed by atoms with Crippen LogP contribution in [-0.2, 0) is 0 Å². The van der Waals surface area contributed by atoms with Gasteiger partial charge in [-0.25, -0.2) is 15.2 Å². The van der Waals surface area contributed by atoms with Crippen LogP contribution in [0, 0.1) is 6.92 Å². The van der Waals surface area contributed by atoms with Crippen molar-refractivity contribution in [2.24, 2.45) is 5.10 Å². The summed E-state index contributed by atoms with van der Waals surface area (Å²) in [6.45, 7) is 5.60. The zero-order chi connectivity index (χ0) is 12.6. The van der Waals surface area contributed by atoms with Gasteiger partial charge >= 0.3 is 5.97 Å². The molecule has 0 amide bonds. The Kier molecular flexibility index (Phi) is 2.81. The second-order valence-corrected chi connectivity index (χ2v) is 4.03. The molecule has 90 valence electrons. The first-order valence-corrected chi connectivity index (χ1v) is 5.31. The maximum absolute atomic E-state index is 11.1. The Bertz CT molecular complexity index is 498. The fraction of sp³-hybridized carbons (Fsp3) is 0.364. The van der Waals surface area contributed by atoms with Gasteiger partial charge in [-0.05, 0) is 32.9 Å². The van der Waals surface area contributed by atoms with E-state index in [1.165, 1.54) is 5.12 Å². The van der Waals surface area contributed by atoms with Crippen LogP contribution >= 0.6 is 0 Å². The number of rotatable bonds is 2. The number of aromatic carboxylic acids is 1. The summed E-state index contributed by atoms with van der Waals surface area (Å²) in [5.41, 5.74) is 5.08. The SMILES string of the molecule is CC1=NN(c2ccc(C)nc2C(=O)O)NC1C. The fourth-order valence-electron chi connectivity index (χ4n) is 1.55. The number of carboxylic acid groups (broad SMARTS) is 1. The zero-order valence-corrected chi connectivity index (χ0v) is 9.93. The van der Waals surface area contributed by atoms with Gasteiger partial charge in [0.25, 0.3) is 0 Å². The third-order valence-corrected chi connectivity index (χ3v) is 2.64. The second-order valence-electron chi connectivity index (χ2n) is 4.03. The van der Waals surface area contributed by atoms with Gasteiger partial charge in [0.1, 0.15) is 5.69 Å². The van der Waals surface area contributed by atoms with Crippen molar-refractivity contribution in [1.29, 1.82) is 0 Å². The number of aryl methyl sites for hydroxylation is 1. The van der Waals surface area contributed by atoms with Crippen molar-refractivity contribution < 1.29 is 9.90 Å². The lowest BCUT2D eigenvalue weighted by Crippen LogP contribution is -2.36. The number of hydrazone groups is 1. The molecular formula is C11H14N4O2. The standard InChI is InChI=1S/C11H14N4O2/c1-6-4-5-9(10(12-6)11(16)17)15-13-7(2)8(3)14-15/h4-5,7,13H,1-3H3,(H,16,17). The summed E-state index contributed by atoms with van der Waals surface area (Å²) in [5.74, 6) is -1.06. The lowest BCUT2D eigenvalue weighted by molar-refractivity contribution is 0.0690. The van der Waals surface area contributed by atoms with Gasteiger partial charge < -0.3 is 5.11 Å². The van der Waals surface area contributed by atoms with Gasteiger partial charge in [-0.1, -0.05) is 0 Å². The largest absolute Gasteiger partial charge is 0.476 e. The molecule has 0 fully saturated rings. The Hall–Kier alpha value is -1.95. The predicted octanol–water partition coefficient (Wildman–Crippen LogP) is 1.18. The lowest BCUT2D eigenvalue weighted by Gasteiger charge is -2.17. The fourth-order valence-corrected chi connectivity index (χ4v) is 1.55. The Morgan fingerprint density at radius 1 is 1.47 bits per heavy atom. The highest BCUT2D eigenvalue weighted by Gasteiger charge is 2.24. The van der Waals surface area contributed by atoms with E-state index in [-0.39, 0.29) is 11.7 Å². The van der Waals surface area contributed by atoms with Crippen molar-refractivity contribution in [3.05, 3.63) is 23.5 Å². The van der Waals surface area contributed by atoms with E-state index in [4.69, 9.17) is 5.11 Å². The second kappa shape index (κ2) is 4.14. The first-order chi connectivity index (χ1) is 7.99. The van der Waals surface area contributed by atoms with Gasteiger partial charge in [0.15, 0.2) is 5.69 Å². The highest BCUT2D eigenvalue weighted by molar-refractivity contribution is 5.94. The van der Waals surface area contributed by atoms with Crippen LogP contribution in [0.2, 0.25) is 0 Å². The molecule has 0 spiro atoms. The summed E-state index contributed by atoms with van der Waals surface area (Å²) in [6.07, 6.45) is 0. The van der Waals surface area contributed by atoms with E-state index < -0.39 is 5.97 Å². The minimum Gasteiger partial charge on any atom is -0.476 e. The van der Waals surface area contributed by atoms with Crippen LogP contribution in [0.15, 0.2) is 17.2 Å². The van der Waals surface area contributed by atoms with E-state index in [1.54, 1.807) is 19.1 Å². The summed E-state index contributed by atoms with van der Waals surface area (Å²) >= 11 is 0. The molecule has 0 bridgehead atoms. The zero-order valence-electron chi connectivity index (χ0n) is 9.93. The van der Waals surface area contributed by atoms with Gasteiger partial charge in [0, 0.05) is 5.69 Å². The highest BCUT2D eigenvalue weighted by Crippen LogP contribution is 2.21. The molecule has 6 heteroatoms. The molecule has 0 saturated heterocycles. The van der Waals surface area contributed by atoms with Gasteiger partial charge in [0.2, 0.25) is 0 Å². The van der Waals surface area contributed by atoms with Gasteiger partial charge in [-0.2, -0.15) is 10.2 Å². The van der Waals surface area contributed by atoms with E-state index in [2.05, 4.69) is 15.5 Å². The molecule has 6 nitrogen and oxygen atoms in total. The number of carbonyl (C=O) groups is 1. The number of pyridine rings is 1. The van der Waals surface area contributed by atoms with Crippen molar-refractivity contribution in [3.8, 4) is 0 Å². The van der Waals surface area contributed by atoms with E-state index in [0.717, 1.165) is 5.71 Å². The molecule has 1 aromatic heterocycles. The van der Waals surface area contributed by atoms with Gasteiger partial charge in [0.05, 0.1) is 11.8 Å². The number of anilines is 1. The monoisotopic (exact) mass is 234 g/mol. The average Bonchev–Trinajstić information content (AvgIpc) is 2.59. The maximum atomic E-state index is 11.1. The summed E-state index contributed by atoms with van der Waals surface area (Å²) in [6, 6.07) is 3.56. The molecule has 2 N–H and O–H groups in total. The molecule has 1 aromatic rings. The van der Waals surface area contributed by atoms with Gasteiger partial charge in [-0.3, -0.25) is 0 Å². The molecule has 0 saturated carbocycles. The summed E-state index contributed by atoms with van der Waals surface area (Å²) in [5, 5.41) is 14.8. The molecule has 0 aromatic carbocycles. The smallest absolute Gasteiger partial charge is 0.356 e. The first kappa shape index (κ1) is 11.5. The maximum Gasteiger partial charge on any atom is 0.356 e.